The van der Waals surface area contributed by atoms with Crippen LogP contribution in [0.15, 0.2) is 0 Å². The fourth-order valence-corrected chi connectivity index (χ4v) is 16.2. The summed E-state index contributed by atoms with van der Waals surface area (Å²) in [6, 6.07) is 0. The Hall–Kier alpha value is -1.94. The van der Waals surface area contributed by atoms with Gasteiger partial charge in [0.1, 0.15) is 19.3 Å². The predicted octanol–water partition coefficient (Wildman–Crippen LogP) is 28.8. The maximum atomic E-state index is 13.2. The van der Waals surface area contributed by atoms with Crippen molar-refractivity contribution in [2.45, 2.75) is 516 Å². The number of hydrogen-bond donors (Lipinski definition) is 3. The van der Waals surface area contributed by atoms with Crippen molar-refractivity contribution in [3.8, 4) is 0 Å². The third-order valence-electron chi connectivity index (χ3n) is 21.9. The summed E-state index contributed by atoms with van der Waals surface area (Å²) in [5.74, 6) is 0.258. The minimum absolute atomic E-state index is 0.108. The van der Waals surface area contributed by atoms with E-state index >= 15 is 0 Å². The number of carbonyl (C=O) groups is 4. The van der Waals surface area contributed by atoms with Crippen molar-refractivity contribution in [2.24, 2.45) is 17.8 Å². The lowest BCUT2D eigenvalue weighted by Gasteiger charge is -2.21. The molecule has 0 amide bonds. The van der Waals surface area contributed by atoms with Gasteiger partial charge < -0.3 is 33.8 Å². The van der Waals surface area contributed by atoms with Gasteiger partial charge in [-0.15, -0.1) is 0 Å². The molecule has 0 aromatic carbocycles. The number of esters is 4. The molecule has 0 bridgehead atoms. The summed E-state index contributed by atoms with van der Waals surface area (Å²) >= 11 is 0. The topological polar surface area (TPSA) is 237 Å². The Labute approximate surface area is 689 Å². The van der Waals surface area contributed by atoms with E-state index in [4.69, 9.17) is 37.0 Å². The summed E-state index contributed by atoms with van der Waals surface area (Å²) in [6.07, 6.45) is 76.6. The molecule has 0 aliphatic carbocycles. The minimum Gasteiger partial charge on any atom is -0.462 e. The van der Waals surface area contributed by atoms with Gasteiger partial charge in [-0.1, -0.05) is 447 Å². The van der Waals surface area contributed by atoms with E-state index in [1.54, 1.807) is 0 Å². The molecule has 0 heterocycles. The van der Waals surface area contributed by atoms with Crippen LogP contribution in [-0.4, -0.2) is 96.7 Å². The average Bonchev–Trinajstić information content (AvgIpc) is 0.891. The van der Waals surface area contributed by atoms with Crippen LogP contribution in [0.1, 0.15) is 498 Å². The van der Waals surface area contributed by atoms with Gasteiger partial charge in [0.2, 0.25) is 0 Å². The zero-order chi connectivity index (χ0) is 82.2. The molecule has 0 aliphatic heterocycles. The lowest BCUT2D eigenvalue weighted by atomic mass is 10.0. The molecule has 0 spiro atoms. The van der Waals surface area contributed by atoms with Crippen molar-refractivity contribution in [3.63, 3.8) is 0 Å². The molecule has 19 heteroatoms. The maximum Gasteiger partial charge on any atom is 0.472 e. The molecule has 5 atom stereocenters. The third-order valence-corrected chi connectivity index (χ3v) is 23.8. The second kappa shape index (κ2) is 82.7. The van der Waals surface area contributed by atoms with Crippen LogP contribution in [0.5, 0.6) is 0 Å². The average molecular weight is 1630 g/mol. The maximum absolute atomic E-state index is 13.2. The van der Waals surface area contributed by atoms with Crippen molar-refractivity contribution in [1.82, 2.24) is 0 Å². The van der Waals surface area contributed by atoms with Gasteiger partial charge in [-0.3, -0.25) is 37.3 Å². The number of aliphatic hydroxyl groups excluding tert-OH is 1. The van der Waals surface area contributed by atoms with Gasteiger partial charge in [-0.05, 0) is 43.4 Å². The summed E-state index contributed by atoms with van der Waals surface area (Å²) in [5, 5.41) is 10.7. The molecule has 0 aromatic rings. The van der Waals surface area contributed by atoms with Crippen molar-refractivity contribution in [2.75, 3.05) is 39.6 Å². The van der Waals surface area contributed by atoms with Crippen LogP contribution >= 0.6 is 15.6 Å². The van der Waals surface area contributed by atoms with Crippen LogP contribution < -0.4 is 0 Å². The van der Waals surface area contributed by atoms with E-state index in [1.165, 1.54) is 308 Å². The molecule has 0 radical (unpaired) electrons. The van der Waals surface area contributed by atoms with E-state index in [0.717, 1.165) is 108 Å². The fourth-order valence-electron chi connectivity index (χ4n) is 14.6. The molecule has 0 rings (SSSR count). The van der Waals surface area contributed by atoms with E-state index < -0.39 is 97.5 Å². The standard InChI is InChI=1S/C93H182O17P2/c1-8-9-10-11-12-13-14-15-16-17-18-19-20-24-30-35-40-45-53-60-67-74-90(95)103-80-88(109-92(97)76-69-62-55-46-41-36-31-25-22-21-23-28-33-38-43-50-57-64-71-84(2)3)82-107-111(99,100)105-78-87(94)79-106-112(101,102)108-83-89(81-104-91(96)75-68-61-54-49-48-52-59-66-73-86(6)7)110-93(98)77-70-63-56-47-42-37-32-27-26-29-34-39-44-51-58-65-72-85(4)5/h84-89,94H,8-83H2,1-7H3,(H,99,100)(H,101,102)/t87-,88-,89-/m1/s1. The zero-order valence-corrected chi connectivity index (χ0v) is 75.9. The predicted molar refractivity (Wildman–Crippen MR) is 465 cm³/mol. The Morgan fingerprint density at radius 1 is 0.241 bits per heavy atom. The normalized spacial score (nSPS) is 13.8. The lowest BCUT2D eigenvalue weighted by Crippen LogP contribution is -2.30. The van der Waals surface area contributed by atoms with Gasteiger partial charge in [0, 0.05) is 25.7 Å². The van der Waals surface area contributed by atoms with Gasteiger partial charge >= 0.3 is 39.5 Å². The number of phosphoric ester groups is 2. The van der Waals surface area contributed by atoms with Crippen molar-refractivity contribution >= 4 is 39.5 Å². The van der Waals surface area contributed by atoms with E-state index in [0.29, 0.717) is 25.7 Å². The van der Waals surface area contributed by atoms with Crippen LogP contribution in [0.25, 0.3) is 0 Å². The molecule has 0 saturated carbocycles. The molecule has 0 saturated heterocycles. The number of phosphoric acid groups is 2. The summed E-state index contributed by atoms with van der Waals surface area (Å²) < 4.78 is 69.1. The zero-order valence-electron chi connectivity index (χ0n) is 74.2. The van der Waals surface area contributed by atoms with Gasteiger partial charge in [-0.25, -0.2) is 9.13 Å². The summed E-state index contributed by atoms with van der Waals surface area (Å²) in [7, 11) is -9.94. The van der Waals surface area contributed by atoms with Crippen molar-refractivity contribution in [1.29, 1.82) is 0 Å². The van der Waals surface area contributed by atoms with Crippen LogP contribution in [-0.2, 0) is 65.4 Å². The number of unbranched alkanes of at least 4 members (excludes halogenated alkanes) is 59. The molecule has 0 fully saturated rings. The van der Waals surface area contributed by atoms with Gasteiger partial charge in [0.25, 0.3) is 0 Å². The van der Waals surface area contributed by atoms with Gasteiger partial charge in [-0.2, -0.15) is 0 Å². The summed E-state index contributed by atoms with van der Waals surface area (Å²) in [6.45, 7) is 12.1. The first-order valence-corrected chi connectivity index (χ1v) is 50.8. The van der Waals surface area contributed by atoms with Crippen LogP contribution in [0.4, 0.5) is 0 Å². The molecule has 112 heavy (non-hydrogen) atoms. The molecule has 3 N–H and O–H groups in total. The molecule has 0 aliphatic rings. The Kier molecular flexibility index (Phi) is 81.3. The summed E-state index contributed by atoms with van der Waals surface area (Å²) in [4.78, 5) is 73.5. The van der Waals surface area contributed by atoms with Gasteiger partial charge in [0.15, 0.2) is 12.2 Å². The molecule has 0 aromatic heterocycles. The Morgan fingerprint density at radius 3 is 0.607 bits per heavy atom. The monoisotopic (exact) mass is 1630 g/mol. The van der Waals surface area contributed by atoms with Crippen molar-refractivity contribution < 1.29 is 80.2 Å². The van der Waals surface area contributed by atoms with Crippen molar-refractivity contribution in [3.05, 3.63) is 0 Å². The van der Waals surface area contributed by atoms with Gasteiger partial charge in [0.05, 0.1) is 26.4 Å². The second-order valence-electron chi connectivity index (χ2n) is 34.8. The van der Waals surface area contributed by atoms with E-state index in [2.05, 4.69) is 48.5 Å². The highest BCUT2D eigenvalue weighted by atomic mass is 31.2. The highest BCUT2D eigenvalue weighted by Crippen LogP contribution is 2.45. The molecule has 666 valence electrons. The quantitative estimate of drug-likeness (QED) is 0.0222. The molecular formula is C93H182O17P2. The Bertz CT molecular complexity index is 2150. The number of aliphatic hydroxyl groups is 1. The molecule has 2 unspecified atom stereocenters. The lowest BCUT2D eigenvalue weighted by molar-refractivity contribution is -0.161. The number of rotatable bonds is 91. The number of ether oxygens (including phenoxy) is 4. The first kappa shape index (κ1) is 110. The summed E-state index contributed by atoms with van der Waals surface area (Å²) in [5.41, 5.74) is 0. The number of hydrogen-bond acceptors (Lipinski definition) is 15. The van der Waals surface area contributed by atoms with E-state index in [9.17, 15) is 43.2 Å². The second-order valence-corrected chi connectivity index (χ2v) is 37.7. The smallest absolute Gasteiger partial charge is 0.462 e. The third kappa shape index (κ3) is 85.9. The minimum atomic E-state index is -4.97. The SMILES string of the molecule is CCCCCCCCCCCCCCCCCCCCCCCC(=O)OC[C@H](COP(=O)(O)OC[C@@H](O)COP(=O)(O)OC[C@@H](COC(=O)CCCCCCCCCCC(C)C)OC(=O)CCCCCCCCCCCCCCCCCCC(C)C)OC(=O)CCCCCCCCCCCCCCCCCCCCC(C)C. The highest BCUT2D eigenvalue weighted by Gasteiger charge is 2.31. The molecule has 17 nitrogen and oxygen atoms in total. The molecular weight excluding hydrogens is 1450 g/mol. The van der Waals surface area contributed by atoms with E-state index in [1.807, 2.05) is 0 Å². The fraction of sp³-hybridized carbons (Fsp3) is 0.957. The first-order valence-electron chi connectivity index (χ1n) is 47.8. The largest absolute Gasteiger partial charge is 0.472 e. The first-order chi connectivity index (χ1) is 54.2. The van der Waals surface area contributed by atoms with E-state index in [-0.39, 0.29) is 25.7 Å². The highest BCUT2D eigenvalue weighted by molar-refractivity contribution is 7.47. The van der Waals surface area contributed by atoms with Crippen LogP contribution in [0.3, 0.4) is 0 Å². The van der Waals surface area contributed by atoms with Crippen LogP contribution in [0, 0.1) is 17.8 Å². The Balaban J connectivity index is 5.23. The van der Waals surface area contributed by atoms with Crippen LogP contribution in [0.2, 0.25) is 0 Å². The Morgan fingerprint density at radius 2 is 0.411 bits per heavy atom. The number of carbonyl (C=O) groups excluding carboxylic acids is 4.